The lowest BCUT2D eigenvalue weighted by Gasteiger charge is -2.22. The highest BCUT2D eigenvalue weighted by atomic mass is 32.2. The minimum atomic E-state index is -3.93. The Balaban J connectivity index is 1.68. The average Bonchev–Trinajstić information content (AvgIpc) is 3.20. The zero-order valence-corrected chi connectivity index (χ0v) is 20.8. The van der Waals surface area contributed by atoms with Gasteiger partial charge in [-0.2, -0.15) is 0 Å². The molecule has 14 heteroatoms. The molecule has 0 aliphatic carbocycles. The van der Waals surface area contributed by atoms with E-state index in [4.69, 9.17) is 18.9 Å². The molecule has 0 amide bonds. The molecule has 35 heavy (non-hydrogen) atoms. The molecule has 1 N–H and O–H groups in total. The van der Waals surface area contributed by atoms with E-state index in [0.29, 0.717) is 34.7 Å². The minimum absolute atomic E-state index is 0.0258. The summed E-state index contributed by atoms with van der Waals surface area (Å²) in [7, 11) is 0.621. The zero-order valence-electron chi connectivity index (χ0n) is 20.0. The van der Waals surface area contributed by atoms with Crippen LogP contribution in [-0.2, 0) is 14.8 Å². The van der Waals surface area contributed by atoms with Gasteiger partial charge in [-0.05, 0) is 13.0 Å². The van der Waals surface area contributed by atoms with Crippen LogP contribution < -0.4 is 18.9 Å². The van der Waals surface area contributed by atoms with Crippen molar-refractivity contribution in [3.8, 4) is 28.9 Å². The maximum atomic E-state index is 13.3. The largest absolute Gasteiger partial charge is 0.494 e. The Morgan fingerprint density at radius 2 is 1.89 bits per heavy atom. The van der Waals surface area contributed by atoms with Crippen LogP contribution in [0.2, 0.25) is 0 Å². The molecule has 0 fully saturated rings. The second kappa shape index (κ2) is 10.00. The van der Waals surface area contributed by atoms with Gasteiger partial charge < -0.3 is 18.9 Å². The molecule has 2 unspecified atom stereocenters. The third kappa shape index (κ3) is 4.84. The molecule has 1 aliphatic heterocycles. The van der Waals surface area contributed by atoms with Crippen molar-refractivity contribution in [1.82, 2.24) is 29.7 Å². The number of methoxy groups -OCH3 is 3. The molecule has 13 nitrogen and oxygen atoms in total. The van der Waals surface area contributed by atoms with Crippen molar-refractivity contribution in [2.75, 3.05) is 39.3 Å². The van der Waals surface area contributed by atoms with Gasteiger partial charge in [-0.1, -0.05) is 6.92 Å². The summed E-state index contributed by atoms with van der Waals surface area (Å²) in [6.45, 7) is 3.75. The Morgan fingerprint density at radius 1 is 1.14 bits per heavy atom. The van der Waals surface area contributed by atoms with E-state index in [0.717, 1.165) is 0 Å². The summed E-state index contributed by atoms with van der Waals surface area (Å²) in [5, 5.41) is 7.47. The standard InChI is InChI=1S/C21H27N7O6S/c1-12(19-22-8-15(32-4)9-23-19)13(2)35(29,30)27-21-26-25-20-18-16(6-7-17(24-18)33-5)34-11-14(10-31-3)28(20)21/h6-9,12-14H,10-11H2,1-5H3,(H,26,27)/t12?,13?,14-/m1/s1. The van der Waals surface area contributed by atoms with Crippen molar-refractivity contribution in [1.29, 1.82) is 0 Å². The van der Waals surface area contributed by atoms with Gasteiger partial charge in [0, 0.05) is 19.1 Å². The normalized spacial score (nSPS) is 16.8. The molecule has 188 valence electrons. The molecule has 0 aromatic carbocycles. The maximum absolute atomic E-state index is 13.3. The predicted molar refractivity (Wildman–Crippen MR) is 125 cm³/mol. The third-order valence-corrected chi connectivity index (χ3v) is 7.68. The monoisotopic (exact) mass is 505 g/mol. The van der Waals surface area contributed by atoms with Gasteiger partial charge in [0.05, 0.1) is 44.5 Å². The van der Waals surface area contributed by atoms with Gasteiger partial charge in [0.2, 0.25) is 21.9 Å². The van der Waals surface area contributed by atoms with E-state index in [1.807, 2.05) is 0 Å². The van der Waals surface area contributed by atoms with E-state index in [2.05, 4.69) is 29.9 Å². The quantitative estimate of drug-likeness (QED) is 0.452. The molecule has 4 rings (SSSR count). The zero-order chi connectivity index (χ0) is 25.2. The summed E-state index contributed by atoms with van der Waals surface area (Å²) in [6.07, 6.45) is 3.00. The second-order valence-electron chi connectivity index (χ2n) is 7.96. The number of nitrogens with one attached hydrogen (secondary N) is 1. The van der Waals surface area contributed by atoms with Gasteiger partial charge >= 0.3 is 0 Å². The van der Waals surface area contributed by atoms with E-state index < -0.39 is 27.2 Å². The third-order valence-electron chi connectivity index (χ3n) is 5.82. The predicted octanol–water partition coefficient (Wildman–Crippen LogP) is 1.66. The molecule has 3 aromatic rings. The van der Waals surface area contributed by atoms with Crippen molar-refractivity contribution in [2.45, 2.75) is 31.1 Å². The SMILES string of the molecule is COC[C@@H]1COc2ccc(OC)nc2-c2nnc(NS(=O)(=O)C(C)C(C)c3ncc(OC)cn3)n21. The summed E-state index contributed by atoms with van der Waals surface area (Å²) in [4.78, 5) is 12.9. The number of anilines is 1. The first-order valence-corrected chi connectivity index (χ1v) is 12.3. The van der Waals surface area contributed by atoms with Crippen LogP contribution in [0.3, 0.4) is 0 Å². The molecule has 0 spiro atoms. The van der Waals surface area contributed by atoms with Gasteiger partial charge in [-0.15, -0.1) is 10.2 Å². The van der Waals surface area contributed by atoms with Gasteiger partial charge in [0.15, 0.2) is 17.3 Å². The Kier molecular flexibility index (Phi) is 7.03. The van der Waals surface area contributed by atoms with Crippen molar-refractivity contribution < 1.29 is 27.4 Å². The number of aromatic nitrogens is 6. The molecule has 0 radical (unpaired) electrons. The fourth-order valence-electron chi connectivity index (χ4n) is 3.63. The Hall–Kier alpha value is -3.52. The molecule has 1 aliphatic rings. The van der Waals surface area contributed by atoms with Gasteiger partial charge in [-0.3, -0.25) is 9.29 Å². The van der Waals surface area contributed by atoms with Crippen molar-refractivity contribution in [3.05, 3.63) is 30.4 Å². The molecular formula is C21H27N7O6S. The van der Waals surface area contributed by atoms with Crippen LogP contribution in [0.1, 0.15) is 31.6 Å². The van der Waals surface area contributed by atoms with E-state index in [9.17, 15) is 8.42 Å². The van der Waals surface area contributed by atoms with Gasteiger partial charge in [0.1, 0.15) is 18.2 Å². The Labute approximate surface area is 202 Å². The fourth-order valence-corrected chi connectivity index (χ4v) is 4.87. The first-order valence-electron chi connectivity index (χ1n) is 10.8. The summed E-state index contributed by atoms with van der Waals surface area (Å²) in [6, 6.07) is 2.97. The van der Waals surface area contributed by atoms with Crippen LogP contribution in [0, 0.1) is 0 Å². The highest BCUT2D eigenvalue weighted by Gasteiger charge is 2.34. The number of pyridine rings is 1. The number of hydrogen-bond acceptors (Lipinski definition) is 11. The highest BCUT2D eigenvalue weighted by molar-refractivity contribution is 7.93. The molecule has 0 saturated carbocycles. The van der Waals surface area contributed by atoms with E-state index in [1.165, 1.54) is 26.6 Å². The lowest BCUT2D eigenvalue weighted by molar-refractivity contribution is 0.126. The van der Waals surface area contributed by atoms with Gasteiger partial charge in [-0.25, -0.2) is 23.4 Å². The smallest absolute Gasteiger partial charge is 0.239 e. The van der Waals surface area contributed by atoms with Crippen LogP contribution in [-0.4, -0.2) is 77.9 Å². The van der Waals surface area contributed by atoms with E-state index in [-0.39, 0.29) is 19.2 Å². The molecule has 0 saturated heterocycles. The van der Waals surface area contributed by atoms with Crippen LogP contribution in [0.4, 0.5) is 5.95 Å². The van der Waals surface area contributed by atoms with Crippen molar-refractivity contribution >= 4 is 16.0 Å². The maximum Gasteiger partial charge on any atom is 0.239 e. The van der Waals surface area contributed by atoms with E-state index >= 15 is 0 Å². The molecule has 4 heterocycles. The topological polar surface area (TPSA) is 152 Å². The summed E-state index contributed by atoms with van der Waals surface area (Å²) < 4.78 is 52.5. The highest BCUT2D eigenvalue weighted by Crippen LogP contribution is 2.36. The second-order valence-corrected chi connectivity index (χ2v) is 10.00. The number of nitrogens with zero attached hydrogens (tertiary/aromatic N) is 6. The fraction of sp³-hybridized carbons (Fsp3) is 0.476. The number of sulfonamides is 1. The van der Waals surface area contributed by atoms with Crippen LogP contribution in [0.15, 0.2) is 24.5 Å². The van der Waals surface area contributed by atoms with Crippen molar-refractivity contribution in [3.63, 3.8) is 0 Å². The average molecular weight is 506 g/mol. The summed E-state index contributed by atoms with van der Waals surface area (Å²) in [5.41, 5.74) is 0.383. The van der Waals surface area contributed by atoms with E-state index in [1.54, 1.807) is 37.7 Å². The van der Waals surface area contributed by atoms with Crippen LogP contribution >= 0.6 is 0 Å². The molecule has 3 atom stereocenters. The molecular weight excluding hydrogens is 478 g/mol. The number of fused-ring (bicyclic) bond motifs is 3. The Bertz CT molecular complexity index is 1280. The number of rotatable bonds is 9. The summed E-state index contributed by atoms with van der Waals surface area (Å²) >= 11 is 0. The minimum Gasteiger partial charge on any atom is -0.494 e. The number of ether oxygens (including phenoxy) is 4. The number of hydrogen-bond donors (Lipinski definition) is 1. The van der Waals surface area contributed by atoms with Crippen LogP contribution in [0.5, 0.6) is 17.4 Å². The lowest BCUT2D eigenvalue weighted by Crippen LogP contribution is -2.32. The van der Waals surface area contributed by atoms with Crippen molar-refractivity contribution in [2.24, 2.45) is 0 Å². The first-order chi connectivity index (χ1) is 16.8. The molecule has 0 bridgehead atoms. The molecule has 3 aromatic heterocycles. The Morgan fingerprint density at radius 3 is 2.54 bits per heavy atom. The van der Waals surface area contributed by atoms with Crippen LogP contribution in [0.25, 0.3) is 11.5 Å². The lowest BCUT2D eigenvalue weighted by atomic mass is 10.1. The summed E-state index contributed by atoms with van der Waals surface area (Å²) in [5.74, 6) is 1.53. The van der Waals surface area contributed by atoms with Gasteiger partial charge in [0.25, 0.3) is 0 Å². The first kappa shape index (κ1) is 24.6.